The molecule has 0 spiro atoms. The lowest BCUT2D eigenvalue weighted by Gasteiger charge is -2.18. The molecule has 1 aliphatic heterocycles. The molecule has 1 N–H and O–H groups in total. The lowest BCUT2D eigenvalue weighted by Crippen LogP contribution is -2.39. The highest BCUT2D eigenvalue weighted by Crippen LogP contribution is 2.27. The summed E-state index contributed by atoms with van der Waals surface area (Å²) in [5.74, 6) is -1.65. The van der Waals surface area contributed by atoms with Crippen molar-refractivity contribution < 1.29 is 13.6 Å². The van der Waals surface area contributed by atoms with Crippen LogP contribution in [0.1, 0.15) is 19.8 Å². The number of nitrogens with one attached hydrogen (secondary N) is 1. The monoisotopic (exact) mass is 254 g/mol. The van der Waals surface area contributed by atoms with Gasteiger partial charge >= 0.3 is 0 Å². The summed E-state index contributed by atoms with van der Waals surface area (Å²) in [6.07, 6.45) is 1.49. The van der Waals surface area contributed by atoms with Gasteiger partial charge in [-0.2, -0.15) is 0 Å². The second kappa shape index (κ2) is 5.44. The SMILES string of the molecule is CCCNC1CCN(c2c(F)cccc2F)C1=O. The Morgan fingerprint density at radius 2 is 2.06 bits per heavy atom. The van der Waals surface area contributed by atoms with E-state index in [0.29, 0.717) is 13.0 Å². The summed E-state index contributed by atoms with van der Waals surface area (Å²) < 4.78 is 27.2. The Hall–Kier alpha value is -1.49. The van der Waals surface area contributed by atoms with Gasteiger partial charge < -0.3 is 10.2 Å². The molecule has 1 heterocycles. The fourth-order valence-corrected chi connectivity index (χ4v) is 2.16. The third-order valence-corrected chi connectivity index (χ3v) is 3.05. The van der Waals surface area contributed by atoms with Gasteiger partial charge in [-0.25, -0.2) is 8.78 Å². The number of hydrogen-bond acceptors (Lipinski definition) is 2. The van der Waals surface area contributed by atoms with Crippen LogP contribution in [0.25, 0.3) is 0 Å². The highest BCUT2D eigenvalue weighted by Gasteiger charge is 2.34. The number of nitrogens with zero attached hydrogens (tertiary/aromatic N) is 1. The molecule has 1 amide bonds. The maximum atomic E-state index is 13.6. The highest BCUT2D eigenvalue weighted by atomic mass is 19.1. The van der Waals surface area contributed by atoms with Gasteiger partial charge in [0.25, 0.3) is 0 Å². The third kappa shape index (κ3) is 2.36. The van der Waals surface area contributed by atoms with Crippen LogP contribution < -0.4 is 10.2 Å². The van der Waals surface area contributed by atoms with Gasteiger partial charge in [-0.3, -0.25) is 4.79 Å². The predicted octanol–water partition coefficient (Wildman–Crippen LogP) is 2.07. The maximum Gasteiger partial charge on any atom is 0.244 e. The summed E-state index contributed by atoms with van der Waals surface area (Å²) in [4.78, 5) is 13.2. The van der Waals surface area contributed by atoms with Crippen LogP contribution in [0.15, 0.2) is 18.2 Å². The largest absolute Gasteiger partial charge is 0.306 e. The Labute approximate surface area is 105 Å². The normalized spacial score (nSPS) is 19.6. The van der Waals surface area contributed by atoms with Crippen LogP contribution in [0.3, 0.4) is 0 Å². The van der Waals surface area contributed by atoms with E-state index >= 15 is 0 Å². The Morgan fingerprint density at radius 1 is 1.39 bits per heavy atom. The minimum Gasteiger partial charge on any atom is -0.306 e. The number of amides is 1. The molecule has 1 atom stereocenters. The van der Waals surface area contributed by atoms with E-state index in [2.05, 4.69) is 5.32 Å². The van der Waals surface area contributed by atoms with E-state index in [4.69, 9.17) is 0 Å². The Kier molecular flexibility index (Phi) is 3.91. The minimum absolute atomic E-state index is 0.233. The standard InChI is InChI=1S/C13H16F2N2O/c1-2-7-16-11-6-8-17(13(11)18)12-9(14)4-3-5-10(12)15/h3-5,11,16H,2,6-8H2,1H3. The Balaban J connectivity index is 2.18. The van der Waals surface area contributed by atoms with Crippen LogP contribution in [-0.2, 0) is 4.79 Å². The number of halogens is 2. The van der Waals surface area contributed by atoms with Crippen molar-refractivity contribution in [2.24, 2.45) is 0 Å². The highest BCUT2D eigenvalue weighted by molar-refractivity contribution is 5.99. The zero-order valence-electron chi connectivity index (χ0n) is 10.2. The fourth-order valence-electron chi connectivity index (χ4n) is 2.16. The van der Waals surface area contributed by atoms with E-state index in [1.807, 2.05) is 6.92 Å². The maximum absolute atomic E-state index is 13.6. The molecule has 0 saturated carbocycles. The van der Waals surface area contributed by atoms with Crippen LogP contribution in [0.4, 0.5) is 14.5 Å². The molecule has 0 radical (unpaired) electrons. The molecular formula is C13H16F2N2O. The summed E-state index contributed by atoms with van der Waals surface area (Å²) in [6.45, 7) is 3.07. The van der Waals surface area contributed by atoms with E-state index in [9.17, 15) is 13.6 Å². The Bertz CT molecular complexity index is 430. The smallest absolute Gasteiger partial charge is 0.244 e. The van der Waals surface area contributed by atoms with Crippen LogP contribution in [-0.4, -0.2) is 25.0 Å². The fraction of sp³-hybridized carbons (Fsp3) is 0.462. The lowest BCUT2D eigenvalue weighted by atomic mass is 10.2. The van der Waals surface area contributed by atoms with Crippen LogP contribution in [0, 0.1) is 11.6 Å². The van der Waals surface area contributed by atoms with Crippen LogP contribution in [0.5, 0.6) is 0 Å². The van der Waals surface area contributed by atoms with Crippen molar-refractivity contribution in [2.45, 2.75) is 25.8 Å². The average molecular weight is 254 g/mol. The molecule has 1 unspecified atom stereocenters. The number of anilines is 1. The molecule has 0 aliphatic carbocycles. The molecule has 0 bridgehead atoms. The molecule has 98 valence electrons. The summed E-state index contributed by atoms with van der Waals surface area (Å²) in [6, 6.07) is 3.29. The van der Waals surface area contributed by atoms with Crippen molar-refractivity contribution in [1.29, 1.82) is 0 Å². The van der Waals surface area contributed by atoms with E-state index in [1.165, 1.54) is 23.1 Å². The van der Waals surface area contributed by atoms with Gasteiger partial charge in [-0.1, -0.05) is 13.0 Å². The van der Waals surface area contributed by atoms with Crippen molar-refractivity contribution in [1.82, 2.24) is 5.32 Å². The van der Waals surface area contributed by atoms with Crippen molar-refractivity contribution in [2.75, 3.05) is 18.0 Å². The first kappa shape index (κ1) is 13.0. The summed E-state index contributed by atoms with van der Waals surface area (Å²) in [7, 11) is 0. The molecule has 1 fully saturated rings. The molecule has 2 rings (SSSR count). The first-order valence-corrected chi connectivity index (χ1v) is 6.14. The average Bonchev–Trinajstić information content (AvgIpc) is 2.69. The zero-order valence-corrected chi connectivity index (χ0v) is 10.2. The van der Waals surface area contributed by atoms with Gasteiger partial charge in [-0.05, 0) is 31.5 Å². The van der Waals surface area contributed by atoms with Crippen molar-refractivity contribution in [3.8, 4) is 0 Å². The molecule has 5 heteroatoms. The number of rotatable bonds is 4. The lowest BCUT2D eigenvalue weighted by molar-refractivity contribution is -0.118. The van der Waals surface area contributed by atoms with Crippen molar-refractivity contribution >= 4 is 11.6 Å². The number of para-hydroxylation sites is 1. The quantitative estimate of drug-likeness (QED) is 0.892. The van der Waals surface area contributed by atoms with Gasteiger partial charge in [-0.15, -0.1) is 0 Å². The molecule has 0 aromatic heterocycles. The van der Waals surface area contributed by atoms with E-state index in [-0.39, 0.29) is 17.6 Å². The van der Waals surface area contributed by atoms with Gasteiger partial charge in [0.1, 0.15) is 17.3 Å². The molecule has 1 aliphatic rings. The van der Waals surface area contributed by atoms with Gasteiger partial charge in [0.2, 0.25) is 5.91 Å². The third-order valence-electron chi connectivity index (χ3n) is 3.05. The number of benzene rings is 1. The number of carbonyl (C=O) groups is 1. The molecule has 1 aromatic carbocycles. The summed E-state index contributed by atoms with van der Waals surface area (Å²) in [5.41, 5.74) is -0.233. The van der Waals surface area contributed by atoms with E-state index < -0.39 is 11.6 Å². The van der Waals surface area contributed by atoms with Crippen molar-refractivity contribution in [3.05, 3.63) is 29.8 Å². The predicted molar refractivity (Wildman–Crippen MR) is 65.4 cm³/mol. The number of carbonyl (C=O) groups excluding carboxylic acids is 1. The molecular weight excluding hydrogens is 238 g/mol. The summed E-state index contributed by atoms with van der Waals surface area (Å²) in [5, 5.41) is 3.08. The second-order valence-corrected chi connectivity index (χ2v) is 4.36. The summed E-state index contributed by atoms with van der Waals surface area (Å²) >= 11 is 0. The first-order valence-electron chi connectivity index (χ1n) is 6.14. The van der Waals surface area contributed by atoms with Crippen LogP contribution in [0.2, 0.25) is 0 Å². The van der Waals surface area contributed by atoms with Gasteiger partial charge in [0.15, 0.2) is 0 Å². The molecule has 18 heavy (non-hydrogen) atoms. The topological polar surface area (TPSA) is 32.3 Å². The van der Waals surface area contributed by atoms with E-state index in [1.54, 1.807) is 0 Å². The second-order valence-electron chi connectivity index (χ2n) is 4.36. The molecule has 1 aromatic rings. The molecule has 3 nitrogen and oxygen atoms in total. The molecule has 1 saturated heterocycles. The number of hydrogen-bond donors (Lipinski definition) is 1. The van der Waals surface area contributed by atoms with Gasteiger partial charge in [0.05, 0.1) is 6.04 Å². The van der Waals surface area contributed by atoms with Gasteiger partial charge in [0, 0.05) is 6.54 Å². The van der Waals surface area contributed by atoms with E-state index in [0.717, 1.165) is 13.0 Å². The minimum atomic E-state index is -0.695. The zero-order chi connectivity index (χ0) is 13.1. The van der Waals surface area contributed by atoms with Crippen LogP contribution >= 0.6 is 0 Å². The van der Waals surface area contributed by atoms with Crippen molar-refractivity contribution in [3.63, 3.8) is 0 Å². The Morgan fingerprint density at radius 3 is 2.67 bits per heavy atom. The first-order chi connectivity index (χ1) is 8.65.